The quantitative estimate of drug-likeness (QED) is 0.545. The fraction of sp³-hybridized carbons (Fsp3) is 0.238. The summed E-state index contributed by atoms with van der Waals surface area (Å²) in [5, 5.41) is 3.32. The summed E-state index contributed by atoms with van der Waals surface area (Å²) in [4.78, 5) is 23.8. The Morgan fingerprint density at radius 3 is 2.59 bits per heavy atom. The van der Waals surface area contributed by atoms with Gasteiger partial charge in [0.05, 0.1) is 12.6 Å². The van der Waals surface area contributed by atoms with E-state index < -0.39 is 11.9 Å². The molecule has 0 aromatic heterocycles. The molecule has 0 fully saturated rings. The van der Waals surface area contributed by atoms with E-state index in [4.69, 9.17) is 21.1 Å². The van der Waals surface area contributed by atoms with E-state index in [9.17, 15) is 9.59 Å². The molecule has 1 atom stereocenters. The van der Waals surface area contributed by atoms with Crippen LogP contribution in [0.25, 0.3) is 6.08 Å². The van der Waals surface area contributed by atoms with Crippen molar-refractivity contribution in [3.8, 4) is 5.75 Å². The summed E-state index contributed by atoms with van der Waals surface area (Å²) in [6.07, 6.45) is 2.86. The minimum Gasteiger partial charge on any atom is -0.493 e. The number of ether oxygens (including phenoxy) is 2. The van der Waals surface area contributed by atoms with Crippen molar-refractivity contribution >= 4 is 29.6 Å². The summed E-state index contributed by atoms with van der Waals surface area (Å²) in [7, 11) is 0. The smallest absolute Gasteiger partial charge is 0.331 e. The molecule has 0 heterocycles. The standard InChI is InChI=1S/C21H22ClNO4/c1-3-26-19-11-7-4-8-16(19)12-13-21(25)27-14-20(24)23-15(2)17-9-5-6-10-18(17)22/h4-13,15H,3,14H2,1-2H3,(H,23,24)/b13-12+/t15-/m1/s1. The number of carbonyl (C=O) groups excluding carboxylic acids is 2. The van der Waals surface area contributed by atoms with Crippen LogP contribution in [0.1, 0.15) is 31.0 Å². The Morgan fingerprint density at radius 2 is 1.85 bits per heavy atom. The molecule has 6 heteroatoms. The second-order valence-corrected chi connectivity index (χ2v) is 6.13. The van der Waals surface area contributed by atoms with E-state index in [1.807, 2.05) is 56.3 Å². The van der Waals surface area contributed by atoms with Crippen LogP contribution >= 0.6 is 11.6 Å². The lowest BCUT2D eigenvalue weighted by Gasteiger charge is -2.15. The highest BCUT2D eigenvalue weighted by molar-refractivity contribution is 6.31. The minimum atomic E-state index is -0.609. The fourth-order valence-corrected chi connectivity index (χ4v) is 2.73. The zero-order chi connectivity index (χ0) is 19.6. The molecule has 0 saturated heterocycles. The Bertz CT molecular complexity index is 819. The van der Waals surface area contributed by atoms with Crippen molar-refractivity contribution < 1.29 is 19.1 Å². The normalized spacial score (nSPS) is 11.8. The van der Waals surface area contributed by atoms with Gasteiger partial charge in [-0.1, -0.05) is 48.0 Å². The van der Waals surface area contributed by atoms with Crippen LogP contribution in [0.2, 0.25) is 5.02 Å². The van der Waals surface area contributed by atoms with Crippen molar-refractivity contribution in [2.24, 2.45) is 0 Å². The van der Waals surface area contributed by atoms with Crippen LogP contribution in [0.3, 0.4) is 0 Å². The molecule has 1 amide bonds. The largest absolute Gasteiger partial charge is 0.493 e. The highest BCUT2D eigenvalue weighted by Gasteiger charge is 2.13. The molecule has 2 aromatic carbocycles. The summed E-state index contributed by atoms with van der Waals surface area (Å²) in [5.41, 5.74) is 1.55. The first-order valence-electron chi connectivity index (χ1n) is 8.61. The van der Waals surface area contributed by atoms with E-state index >= 15 is 0 Å². The Labute approximate surface area is 163 Å². The van der Waals surface area contributed by atoms with Gasteiger partial charge in [-0.3, -0.25) is 4.79 Å². The molecule has 0 unspecified atom stereocenters. The zero-order valence-corrected chi connectivity index (χ0v) is 16.0. The predicted octanol–water partition coefficient (Wildman–Crippen LogP) is 4.17. The fourth-order valence-electron chi connectivity index (χ4n) is 2.43. The number of carbonyl (C=O) groups is 2. The molecule has 0 aliphatic carbocycles. The molecule has 2 aromatic rings. The highest BCUT2D eigenvalue weighted by Crippen LogP contribution is 2.22. The van der Waals surface area contributed by atoms with Crippen molar-refractivity contribution in [1.29, 1.82) is 0 Å². The van der Waals surface area contributed by atoms with Crippen molar-refractivity contribution in [2.75, 3.05) is 13.2 Å². The average molecular weight is 388 g/mol. The van der Waals surface area contributed by atoms with Gasteiger partial charge in [-0.05, 0) is 37.6 Å². The van der Waals surface area contributed by atoms with Gasteiger partial charge in [0.25, 0.3) is 5.91 Å². The molecule has 5 nitrogen and oxygen atoms in total. The molecule has 0 spiro atoms. The first-order chi connectivity index (χ1) is 13.0. The van der Waals surface area contributed by atoms with Crippen LogP contribution in [-0.4, -0.2) is 25.1 Å². The number of para-hydroxylation sites is 1. The van der Waals surface area contributed by atoms with Crippen LogP contribution in [-0.2, 0) is 14.3 Å². The van der Waals surface area contributed by atoms with Crippen LogP contribution < -0.4 is 10.1 Å². The molecular weight excluding hydrogens is 366 g/mol. The Morgan fingerprint density at radius 1 is 1.15 bits per heavy atom. The first kappa shape index (κ1) is 20.5. The predicted molar refractivity (Wildman–Crippen MR) is 106 cm³/mol. The lowest BCUT2D eigenvalue weighted by molar-refractivity contribution is -0.144. The maximum Gasteiger partial charge on any atom is 0.331 e. The monoisotopic (exact) mass is 387 g/mol. The summed E-state index contributed by atoms with van der Waals surface area (Å²) >= 11 is 6.11. The van der Waals surface area contributed by atoms with Crippen LogP contribution in [0.4, 0.5) is 0 Å². The number of esters is 1. The van der Waals surface area contributed by atoms with E-state index in [1.165, 1.54) is 6.08 Å². The van der Waals surface area contributed by atoms with E-state index in [2.05, 4.69) is 5.32 Å². The number of benzene rings is 2. The zero-order valence-electron chi connectivity index (χ0n) is 15.3. The molecule has 142 valence electrons. The Balaban J connectivity index is 1.85. The molecule has 1 N–H and O–H groups in total. The SMILES string of the molecule is CCOc1ccccc1/C=C/C(=O)OCC(=O)N[C@H](C)c1ccccc1Cl. The summed E-state index contributed by atoms with van der Waals surface area (Å²) in [6.45, 7) is 3.85. The number of amides is 1. The second-order valence-electron chi connectivity index (χ2n) is 5.72. The number of hydrogen-bond donors (Lipinski definition) is 1. The maximum atomic E-state index is 12.0. The number of hydrogen-bond acceptors (Lipinski definition) is 4. The van der Waals surface area contributed by atoms with Gasteiger partial charge in [0.2, 0.25) is 0 Å². The third-order valence-corrected chi connectivity index (χ3v) is 4.06. The van der Waals surface area contributed by atoms with Gasteiger partial charge in [-0.15, -0.1) is 0 Å². The number of nitrogens with one attached hydrogen (secondary N) is 1. The van der Waals surface area contributed by atoms with Gasteiger partial charge in [-0.2, -0.15) is 0 Å². The van der Waals surface area contributed by atoms with Gasteiger partial charge in [-0.25, -0.2) is 4.79 Å². The third-order valence-electron chi connectivity index (χ3n) is 3.71. The van der Waals surface area contributed by atoms with Gasteiger partial charge in [0, 0.05) is 16.7 Å². The average Bonchev–Trinajstić information content (AvgIpc) is 2.66. The topological polar surface area (TPSA) is 64.6 Å². The van der Waals surface area contributed by atoms with E-state index in [1.54, 1.807) is 12.1 Å². The summed E-state index contributed by atoms with van der Waals surface area (Å²) < 4.78 is 10.5. The molecule has 0 bridgehead atoms. The molecule has 0 aliphatic rings. The van der Waals surface area contributed by atoms with E-state index in [-0.39, 0.29) is 12.6 Å². The Hall–Kier alpha value is -2.79. The van der Waals surface area contributed by atoms with Crippen molar-refractivity contribution in [1.82, 2.24) is 5.32 Å². The Kier molecular flexibility index (Phi) is 7.89. The highest BCUT2D eigenvalue weighted by atomic mass is 35.5. The summed E-state index contributed by atoms with van der Waals surface area (Å²) in [5.74, 6) is -0.337. The molecular formula is C21H22ClNO4. The van der Waals surface area contributed by atoms with Gasteiger partial charge in [0.1, 0.15) is 5.75 Å². The maximum absolute atomic E-state index is 12.0. The third kappa shape index (κ3) is 6.46. The minimum absolute atomic E-state index is 0.293. The van der Waals surface area contributed by atoms with Gasteiger partial charge < -0.3 is 14.8 Å². The number of halogens is 1. The first-order valence-corrected chi connectivity index (χ1v) is 8.99. The molecule has 0 radical (unpaired) electrons. The molecule has 0 aliphatic heterocycles. The molecule has 27 heavy (non-hydrogen) atoms. The van der Waals surface area contributed by atoms with E-state index in [0.717, 1.165) is 11.1 Å². The lowest BCUT2D eigenvalue weighted by atomic mass is 10.1. The van der Waals surface area contributed by atoms with E-state index in [0.29, 0.717) is 17.4 Å². The molecule has 0 saturated carbocycles. The van der Waals surface area contributed by atoms with Gasteiger partial charge in [0.15, 0.2) is 6.61 Å². The van der Waals surface area contributed by atoms with Crippen LogP contribution in [0.15, 0.2) is 54.6 Å². The van der Waals surface area contributed by atoms with Gasteiger partial charge >= 0.3 is 5.97 Å². The summed E-state index contributed by atoms with van der Waals surface area (Å²) in [6, 6.07) is 14.3. The molecule has 2 rings (SSSR count). The van der Waals surface area contributed by atoms with Crippen molar-refractivity contribution in [2.45, 2.75) is 19.9 Å². The number of rotatable bonds is 8. The second kappa shape index (κ2) is 10.4. The van der Waals surface area contributed by atoms with Crippen molar-refractivity contribution in [3.63, 3.8) is 0 Å². The lowest BCUT2D eigenvalue weighted by Crippen LogP contribution is -2.31. The van der Waals surface area contributed by atoms with Crippen LogP contribution in [0.5, 0.6) is 5.75 Å². The van der Waals surface area contributed by atoms with Crippen molar-refractivity contribution in [3.05, 3.63) is 70.8 Å². The van der Waals surface area contributed by atoms with Crippen LogP contribution in [0, 0.1) is 0 Å².